The van der Waals surface area contributed by atoms with Crippen LogP contribution in [0, 0.1) is 6.92 Å². The summed E-state index contributed by atoms with van der Waals surface area (Å²) in [4.78, 5) is 26.5. The Morgan fingerprint density at radius 2 is 2.00 bits per heavy atom. The molecule has 0 radical (unpaired) electrons. The number of aryl methyl sites for hydroxylation is 1. The van der Waals surface area contributed by atoms with Gasteiger partial charge in [-0.1, -0.05) is 6.92 Å². The van der Waals surface area contributed by atoms with Crippen LogP contribution in [-0.2, 0) is 10.0 Å². The number of hydrogen-bond donors (Lipinski definition) is 3. The first-order valence-corrected chi connectivity index (χ1v) is 7.88. The quantitative estimate of drug-likeness (QED) is 0.637. The Kier molecular flexibility index (Phi) is 5.79. The number of pyridine rings is 1. The van der Waals surface area contributed by atoms with Crippen molar-refractivity contribution in [1.82, 2.24) is 15.0 Å². The molecule has 0 saturated carbocycles. The van der Waals surface area contributed by atoms with E-state index in [1.807, 2.05) is 0 Å². The predicted octanol–water partition coefficient (Wildman–Crippen LogP) is -0.243. The van der Waals surface area contributed by atoms with Gasteiger partial charge in [0.25, 0.3) is 5.91 Å². The van der Waals surface area contributed by atoms with Crippen molar-refractivity contribution in [3.8, 4) is 0 Å². The second-order valence-electron chi connectivity index (χ2n) is 4.21. The summed E-state index contributed by atoms with van der Waals surface area (Å²) in [5.41, 5.74) is 0.273. The van der Waals surface area contributed by atoms with Crippen LogP contribution in [0.2, 0.25) is 0 Å². The van der Waals surface area contributed by atoms with Crippen LogP contribution in [0.5, 0.6) is 0 Å². The van der Waals surface area contributed by atoms with Crippen molar-refractivity contribution < 1.29 is 23.1 Å². The molecule has 0 spiro atoms. The third-order valence-corrected chi connectivity index (χ3v) is 4.04. The summed E-state index contributed by atoms with van der Waals surface area (Å²) in [5.74, 6) is -1.91. The maximum atomic E-state index is 11.8. The van der Waals surface area contributed by atoms with Crippen LogP contribution >= 0.6 is 0 Å². The zero-order valence-corrected chi connectivity index (χ0v) is 12.5. The number of amides is 1. The number of carbonyl (C=O) groups excluding carboxylic acids is 1. The highest BCUT2D eigenvalue weighted by molar-refractivity contribution is 7.89. The monoisotopic (exact) mass is 315 g/mol. The first-order chi connectivity index (χ1) is 9.76. The molecule has 8 nitrogen and oxygen atoms in total. The van der Waals surface area contributed by atoms with Gasteiger partial charge in [0.15, 0.2) is 0 Å². The van der Waals surface area contributed by atoms with E-state index >= 15 is 0 Å². The minimum atomic E-state index is -3.40. The zero-order chi connectivity index (χ0) is 16.0. The molecule has 0 fully saturated rings. The van der Waals surface area contributed by atoms with E-state index in [1.165, 1.54) is 19.1 Å². The number of sulfonamides is 1. The molecule has 1 rings (SSSR count). The third-order valence-electron chi connectivity index (χ3n) is 2.57. The van der Waals surface area contributed by atoms with Gasteiger partial charge in [0.2, 0.25) is 10.0 Å². The highest BCUT2D eigenvalue weighted by Gasteiger charge is 2.14. The van der Waals surface area contributed by atoms with Gasteiger partial charge in [-0.25, -0.2) is 22.9 Å². The second kappa shape index (κ2) is 7.14. The standard InChI is InChI=1S/C12H17N3O5S/c1-3-14-21(19,20)7-6-13-11(16)10-5-4-9(12(17)18)8(2)15-10/h4-5,14H,3,6-7H2,1-2H3,(H,13,16)(H,17,18). The van der Waals surface area contributed by atoms with Crippen LogP contribution in [0.25, 0.3) is 0 Å². The van der Waals surface area contributed by atoms with Gasteiger partial charge < -0.3 is 10.4 Å². The number of carbonyl (C=O) groups is 2. The van der Waals surface area contributed by atoms with Crippen LogP contribution in [-0.4, -0.2) is 49.2 Å². The van der Waals surface area contributed by atoms with Crippen molar-refractivity contribution in [2.45, 2.75) is 13.8 Å². The number of carboxylic acid groups (broad SMARTS) is 1. The van der Waals surface area contributed by atoms with Crippen molar-refractivity contribution in [1.29, 1.82) is 0 Å². The molecule has 0 aromatic carbocycles. The summed E-state index contributed by atoms with van der Waals surface area (Å²) in [6, 6.07) is 2.57. The Morgan fingerprint density at radius 3 is 2.52 bits per heavy atom. The van der Waals surface area contributed by atoms with Gasteiger partial charge in [0, 0.05) is 13.1 Å². The Labute approximate surface area is 122 Å². The fourth-order valence-corrected chi connectivity index (χ4v) is 2.55. The van der Waals surface area contributed by atoms with Gasteiger partial charge in [-0.05, 0) is 19.1 Å². The zero-order valence-electron chi connectivity index (χ0n) is 11.7. The average molecular weight is 315 g/mol. The van der Waals surface area contributed by atoms with E-state index in [-0.39, 0.29) is 35.8 Å². The Bertz CT molecular complexity index is 642. The smallest absolute Gasteiger partial charge is 0.337 e. The van der Waals surface area contributed by atoms with Gasteiger partial charge >= 0.3 is 5.97 Å². The van der Waals surface area contributed by atoms with E-state index in [0.717, 1.165) is 0 Å². The number of hydrogen-bond acceptors (Lipinski definition) is 5. The second-order valence-corrected chi connectivity index (χ2v) is 6.13. The molecule has 21 heavy (non-hydrogen) atoms. The number of aromatic nitrogens is 1. The van der Waals surface area contributed by atoms with E-state index in [4.69, 9.17) is 5.11 Å². The van der Waals surface area contributed by atoms with Gasteiger partial charge in [-0.3, -0.25) is 4.79 Å². The van der Waals surface area contributed by atoms with E-state index < -0.39 is 21.9 Å². The topological polar surface area (TPSA) is 125 Å². The molecule has 0 saturated heterocycles. The maximum Gasteiger partial charge on any atom is 0.337 e. The molecule has 3 N–H and O–H groups in total. The third kappa shape index (κ3) is 5.12. The number of nitrogens with zero attached hydrogens (tertiary/aromatic N) is 1. The molecule has 0 aliphatic rings. The highest BCUT2D eigenvalue weighted by atomic mass is 32.2. The van der Waals surface area contributed by atoms with E-state index in [9.17, 15) is 18.0 Å². The fourth-order valence-electron chi connectivity index (χ4n) is 1.60. The summed E-state index contributed by atoms with van der Waals surface area (Å²) < 4.78 is 25.1. The molecule has 1 aromatic rings. The molecule has 1 amide bonds. The van der Waals surface area contributed by atoms with Crippen molar-refractivity contribution in [2.75, 3.05) is 18.8 Å². The minimum Gasteiger partial charge on any atom is -0.478 e. The van der Waals surface area contributed by atoms with Crippen molar-refractivity contribution in [3.05, 3.63) is 29.1 Å². The highest BCUT2D eigenvalue weighted by Crippen LogP contribution is 2.06. The van der Waals surface area contributed by atoms with Crippen molar-refractivity contribution in [2.24, 2.45) is 0 Å². The molecular weight excluding hydrogens is 298 g/mol. The summed E-state index contributed by atoms with van der Waals surface area (Å²) in [6.45, 7) is 3.37. The lowest BCUT2D eigenvalue weighted by molar-refractivity contribution is 0.0694. The summed E-state index contributed by atoms with van der Waals surface area (Å²) in [5, 5.41) is 11.3. The van der Waals surface area contributed by atoms with Gasteiger partial charge in [0.1, 0.15) is 5.69 Å². The molecule has 1 aromatic heterocycles. The normalized spacial score (nSPS) is 11.1. The largest absolute Gasteiger partial charge is 0.478 e. The molecular formula is C12H17N3O5S. The lowest BCUT2D eigenvalue weighted by Crippen LogP contribution is -2.34. The summed E-state index contributed by atoms with van der Waals surface area (Å²) in [7, 11) is -3.40. The number of aromatic carboxylic acids is 1. The number of nitrogens with one attached hydrogen (secondary N) is 2. The van der Waals surface area contributed by atoms with E-state index in [0.29, 0.717) is 0 Å². The Morgan fingerprint density at radius 1 is 1.33 bits per heavy atom. The van der Waals surface area contributed by atoms with Crippen LogP contribution in [0.3, 0.4) is 0 Å². The average Bonchev–Trinajstić information content (AvgIpc) is 2.37. The fraction of sp³-hybridized carbons (Fsp3) is 0.417. The van der Waals surface area contributed by atoms with E-state index in [1.54, 1.807) is 6.92 Å². The number of carboxylic acids is 1. The Hall–Kier alpha value is -2.00. The molecule has 1 heterocycles. The summed E-state index contributed by atoms with van der Waals surface area (Å²) in [6.07, 6.45) is 0. The SMILES string of the molecule is CCNS(=O)(=O)CCNC(=O)c1ccc(C(=O)O)c(C)n1. The summed E-state index contributed by atoms with van der Waals surface area (Å²) >= 11 is 0. The molecule has 0 atom stereocenters. The molecule has 0 aliphatic carbocycles. The van der Waals surface area contributed by atoms with Gasteiger partial charge in [0.05, 0.1) is 17.0 Å². The van der Waals surface area contributed by atoms with Gasteiger partial charge in [-0.15, -0.1) is 0 Å². The van der Waals surface area contributed by atoms with E-state index in [2.05, 4.69) is 15.0 Å². The maximum absolute atomic E-state index is 11.8. The van der Waals surface area contributed by atoms with Crippen LogP contribution in [0.15, 0.2) is 12.1 Å². The Balaban J connectivity index is 2.65. The number of rotatable bonds is 7. The van der Waals surface area contributed by atoms with Crippen LogP contribution < -0.4 is 10.0 Å². The first kappa shape index (κ1) is 17.1. The molecule has 9 heteroatoms. The molecule has 116 valence electrons. The lowest BCUT2D eigenvalue weighted by atomic mass is 10.2. The molecule has 0 aliphatic heterocycles. The van der Waals surface area contributed by atoms with Gasteiger partial charge in [-0.2, -0.15) is 0 Å². The molecule has 0 unspecified atom stereocenters. The molecule has 0 bridgehead atoms. The first-order valence-electron chi connectivity index (χ1n) is 6.23. The van der Waals surface area contributed by atoms with Crippen LogP contribution in [0.1, 0.15) is 33.5 Å². The predicted molar refractivity (Wildman–Crippen MR) is 75.7 cm³/mol. The van der Waals surface area contributed by atoms with Crippen LogP contribution in [0.4, 0.5) is 0 Å². The minimum absolute atomic E-state index is 0.0151. The lowest BCUT2D eigenvalue weighted by Gasteiger charge is -2.07. The van der Waals surface area contributed by atoms with Crippen molar-refractivity contribution in [3.63, 3.8) is 0 Å². The van der Waals surface area contributed by atoms with Crippen molar-refractivity contribution >= 4 is 21.9 Å².